The number of carbonyl (C=O) groups is 1. The van der Waals surface area contributed by atoms with Gasteiger partial charge in [0.2, 0.25) is 17.8 Å². The maximum absolute atomic E-state index is 12.7. The fraction of sp³-hybridized carbons (Fsp3) is 0.609. The van der Waals surface area contributed by atoms with Gasteiger partial charge in [0.05, 0.1) is 31.0 Å². The van der Waals surface area contributed by atoms with Crippen LogP contribution in [0, 0.1) is 0 Å². The molecule has 4 N–H and O–H groups in total. The molecular weight excluding hydrogens is 452 g/mol. The summed E-state index contributed by atoms with van der Waals surface area (Å²) in [6, 6.07) is 1.73. The van der Waals surface area contributed by atoms with Gasteiger partial charge in [-0.3, -0.25) is 0 Å². The van der Waals surface area contributed by atoms with Gasteiger partial charge in [0.15, 0.2) is 0 Å². The van der Waals surface area contributed by atoms with Crippen molar-refractivity contribution in [2.45, 2.75) is 50.7 Å². The number of amides is 1. The Balaban J connectivity index is 1.35. The SMILES string of the molecule is Nc1ncc(-c2cc(O[C@H]3CCCN(C(=O)OC4CCCC4)C3)nc(N3CCOCC3)n2)c(N)n1. The van der Waals surface area contributed by atoms with E-state index in [1.807, 2.05) is 4.90 Å². The summed E-state index contributed by atoms with van der Waals surface area (Å²) in [5.41, 5.74) is 12.9. The van der Waals surface area contributed by atoms with Crippen molar-refractivity contribution in [1.82, 2.24) is 24.8 Å². The average Bonchev–Trinajstić information content (AvgIpc) is 3.37. The molecule has 3 aliphatic rings. The third-order valence-electron chi connectivity index (χ3n) is 6.59. The summed E-state index contributed by atoms with van der Waals surface area (Å²) in [6.45, 7) is 3.64. The Labute approximate surface area is 204 Å². The van der Waals surface area contributed by atoms with Crippen LogP contribution in [0.15, 0.2) is 12.3 Å². The number of carbonyl (C=O) groups excluding carboxylic acids is 1. The highest BCUT2D eigenvalue weighted by Crippen LogP contribution is 2.29. The molecule has 0 aromatic carbocycles. The fourth-order valence-electron chi connectivity index (χ4n) is 4.72. The Bertz CT molecular complexity index is 1040. The number of morpholine rings is 1. The number of anilines is 3. The first-order valence-corrected chi connectivity index (χ1v) is 12.3. The summed E-state index contributed by atoms with van der Waals surface area (Å²) in [4.78, 5) is 34.0. The largest absolute Gasteiger partial charge is 0.472 e. The normalized spacial score (nSPS) is 21.2. The van der Waals surface area contributed by atoms with Crippen molar-refractivity contribution in [2.24, 2.45) is 0 Å². The van der Waals surface area contributed by atoms with Crippen molar-refractivity contribution >= 4 is 23.8 Å². The molecular formula is C23H32N8O4. The third-order valence-corrected chi connectivity index (χ3v) is 6.59. The van der Waals surface area contributed by atoms with Gasteiger partial charge in [-0.05, 0) is 38.5 Å². The predicted octanol–water partition coefficient (Wildman–Crippen LogP) is 1.86. The molecule has 0 spiro atoms. The Morgan fingerprint density at radius 2 is 1.77 bits per heavy atom. The molecule has 35 heavy (non-hydrogen) atoms. The van der Waals surface area contributed by atoms with E-state index in [1.165, 1.54) is 0 Å². The number of hydrogen-bond donors (Lipinski definition) is 2. The van der Waals surface area contributed by atoms with Crippen molar-refractivity contribution < 1.29 is 19.0 Å². The second-order valence-corrected chi connectivity index (χ2v) is 9.14. The molecule has 4 heterocycles. The van der Waals surface area contributed by atoms with Gasteiger partial charge in [0.25, 0.3) is 0 Å². The van der Waals surface area contributed by atoms with Crippen molar-refractivity contribution in [2.75, 3.05) is 55.8 Å². The molecule has 3 fully saturated rings. The minimum Gasteiger partial charge on any atom is -0.472 e. The van der Waals surface area contributed by atoms with Gasteiger partial charge < -0.3 is 35.5 Å². The van der Waals surface area contributed by atoms with E-state index >= 15 is 0 Å². The maximum atomic E-state index is 12.7. The van der Waals surface area contributed by atoms with E-state index in [1.54, 1.807) is 17.2 Å². The molecule has 188 valence electrons. The number of ether oxygens (including phenoxy) is 3. The molecule has 12 nitrogen and oxygen atoms in total. The zero-order valence-electron chi connectivity index (χ0n) is 19.8. The Morgan fingerprint density at radius 3 is 2.54 bits per heavy atom. The Kier molecular flexibility index (Phi) is 6.98. The van der Waals surface area contributed by atoms with Crippen LogP contribution < -0.4 is 21.1 Å². The van der Waals surface area contributed by atoms with Crippen LogP contribution in [0.2, 0.25) is 0 Å². The molecule has 1 amide bonds. The van der Waals surface area contributed by atoms with Crippen LogP contribution in [-0.4, -0.2) is 82.5 Å². The van der Waals surface area contributed by atoms with Crippen LogP contribution in [0.25, 0.3) is 11.3 Å². The standard InChI is InChI=1S/C23H32N8O4/c24-20-17(13-26-21(25)29-20)18-12-19(28-22(27-18)30-8-10-33-11-9-30)34-16-6-3-7-31(14-16)23(32)35-15-4-1-2-5-15/h12-13,15-16H,1-11,14H2,(H4,24,25,26,29)/t16-/m0/s1. The lowest BCUT2D eigenvalue weighted by molar-refractivity contribution is 0.0359. The molecule has 12 heteroatoms. The van der Waals surface area contributed by atoms with Gasteiger partial charge in [-0.1, -0.05) is 0 Å². The topological polar surface area (TPSA) is 155 Å². The minimum absolute atomic E-state index is 0.0388. The summed E-state index contributed by atoms with van der Waals surface area (Å²) in [7, 11) is 0. The third kappa shape index (κ3) is 5.64. The van der Waals surface area contributed by atoms with Gasteiger partial charge in [-0.15, -0.1) is 0 Å². The van der Waals surface area contributed by atoms with E-state index < -0.39 is 0 Å². The quantitative estimate of drug-likeness (QED) is 0.639. The lowest BCUT2D eigenvalue weighted by atomic mass is 10.1. The minimum atomic E-state index is -0.255. The van der Waals surface area contributed by atoms with E-state index in [0.29, 0.717) is 62.5 Å². The van der Waals surface area contributed by atoms with Crippen LogP contribution in [0.5, 0.6) is 5.88 Å². The van der Waals surface area contributed by atoms with E-state index in [9.17, 15) is 4.79 Å². The maximum Gasteiger partial charge on any atom is 0.410 e. The van der Waals surface area contributed by atoms with Crippen molar-refractivity contribution in [1.29, 1.82) is 0 Å². The van der Waals surface area contributed by atoms with Crippen LogP contribution in [0.3, 0.4) is 0 Å². The average molecular weight is 485 g/mol. The number of nitrogen functional groups attached to an aromatic ring is 2. The molecule has 2 aromatic heterocycles. The van der Waals surface area contributed by atoms with Crippen LogP contribution in [0.4, 0.5) is 22.5 Å². The molecule has 0 bridgehead atoms. The van der Waals surface area contributed by atoms with Crippen LogP contribution in [-0.2, 0) is 9.47 Å². The lowest BCUT2D eigenvalue weighted by Gasteiger charge is -2.33. The Hall–Kier alpha value is -3.41. The molecule has 0 unspecified atom stereocenters. The van der Waals surface area contributed by atoms with Gasteiger partial charge in [-0.2, -0.15) is 9.97 Å². The molecule has 2 saturated heterocycles. The predicted molar refractivity (Wildman–Crippen MR) is 129 cm³/mol. The van der Waals surface area contributed by atoms with E-state index in [-0.39, 0.29) is 30.1 Å². The highest BCUT2D eigenvalue weighted by Gasteiger charge is 2.29. The number of aromatic nitrogens is 4. The fourth-order valence-corrected chi connectivity index (χ4v) is 4.72. The number of rotatable bonds is 5. The van der Waals surface area contributed by atoms with Gasteiger partial charge >= 0.3 is 6.09 Å². The second-order valence-electron chi connectivity index (χ2n) is 9.14. The zero-order chi connectivity index (χ0) is 24.2. The van der Waals surface area contributed by atoms with Crippen molar-refractivity contribution in [3.8, 4) is 17.1 Å². The molecule has 5 rings (SSSR count). The number of likely N-dealkylation sites (tertiary alicyclic amines) is 1. The van der Waals surface area contributed by atoms with Gasteiger partial charge in [-0.25, -0.2) is 14.8 Å². The number of nitrogens with zero attached hydrogens (tertiary/aromatic N) is 6. The smallest absolute Gasteiger partial charge is 0.410 e. The highest BCUT2D eigenvalue weighted by molar-refractivity contribution is 5.72. The summed E-state index contributed by atoms with van der Waals surface area (Å²) in [6.07, 6.45) is 6.91. The summed E-state index contributed by atoms with van der Waals surface area (Å²) in [5.74, 6) is 1.25. The summed E-state index contributed by atoms with van der Waals surface area (Å²) in [5, 5.41) is 0. The first-order valence-electron chi connectivity index (χ1n) is 12.3. The molecule has 0 radical (unpaired) electrons. The zero-order valence-corrected chi connectivity index (χ0v) is 19.8. The first-order chi connectivity index (χ1) is 17.0. The number of piperidine rings is 1. The van der Waals surface area contributed by atoms with Crippen molar-refractivity contribution in [3.63, 3.8) is 0 Å². The molecule has 1 saturated carbocycles. The van der Waals surface area contributed by atoms with Crippen LogP contribution in [0.1, 0.15) is 38.5 Å². The first kappa shape index (κ1) is 23.3. The van der Waals surface area contributed by atoms with Gasteiger partial charge in [0, 0.05) is 31.9 Å². The summed E-state index contributed by atoms with van der Waals surface area (Å²) >= 11 is 0. The Morgan fingerprint density at radius 1 is 1.00 bits per heavy atom. The van der Waals surface area contributed by atoms with E-state index in [2.05, 4.69) is 15.0 Å². The lowest BCUT2D eigenvalue weighted by Crippen LogP contribution is -2.45. The molecule has 1 aliphatic carbocycles. The van der Waals surface area contributed by atoms with Gasteiger partial charge in [0.1, 0.15) is 18.0 Å². The monoisotopic (exact) mass is 484 g/mol. The van der Waals surface area contributed by atoms with Crippen LogP contribution >= 0.6 is 0 Å². The number of nitrogens with two attached hydrogens (primary N) is 2. The van der Waals surface area contributed by atoms with Crippen molar-refractivity contribution in [3.05, 3.63) is 12.3 Å². The highest BCUT2D eigenvalue weighted by atomic mass is 16.6. The second kappa shape index (κ2) is 10.5. The van der Waals surface area contributed by atoms with E-state index in [4.69, 9.17) is 30.7 Å². The molecule has 2 aliphatic heterocycles. The molecule has 2 aromatic rings. The number of hydrogen-bond acceptors (Lipinski definition) is 11. The van der Waals surface area contributed by atoms with E-state index in [0.717, 1.165) is 38.5 Å². The summed E-state index contributed by atoms with van der Waals surface area (Å²) < 4.78 is 17.5. The molecule has 1 atom stereocenters.